The van der Waals surface area contributed by atoms with E-state index in [-0.39, 0.29) is 23.7 Å². The van der Waals surface area contributed by atoms with E-state index in [2.05, 4.69) is 12.1 Å². The van der Waals surface area contributed by atoms with Crippen LogP contribution in [0.15, 0.2) is 91.0 Å². The zero-order chi connectivity index (χ0) is 19.3. The van der Waals surface area contributed by atoms with Gasteiger partial charge in [-0.2, -0.15) is 0 Å². The summed E-state index contributed by atoms with van der Waals surface area (Å²) in [4.78, 5) is 27.3. The third kappa shape index (κ3) is 3.74. The van der Waals surface area contributed by atoms with Crippen LogP contribution in [0, 0.1) is 5.92 Å². The third-order valence-electron chi connectivity index (χ3n) is 5.43. The van der Waals surface area contributed by atoms with Crippen molar-refractivity contribution in [2.24, 2.45) is 5.92 Å². The number of hydrogen-bond acceptors (Lipinski definition) is 2. The molecule has 0 bridgehead atoms. The highest BCUT2D eigenvalue weighted by Crippen LogP contribution is 2.43. The minimum Gasteiger partial charge on any atom is -0.330 e. The van der Waals surface area contributed by atoms with Crippen molar-refractivity contribution < 1.29 is 9.59 Å². The van der Waals surface area contributed by atoms with E-state index >= 15 is 0 Å². The largest absolute Gasteiger partial charge is 0.330 e. The molecule has 140 valence electrons. The Labute approximate surface area is 165 Å². The zero-order valence-corrected chi connectivity index (χ0v) is 15.7. The Balaban J connectivity index is 1.50. The summed E-state index contributed by atoms with van der Waals surface area (Å²) in [5.74, 6) is 0.0964. The lowest BCUT2D eigenvalue weighted by molar-refractivity contribution is -0.158. The summed E-state index contributed by atoms with van der Waals surface area (Å²) >= 11 is 0. The Hall–Kier alpha value is -3.20. The first-order valence-corrected chi connectivity index (χ1v) is 9.71. The molecular weight excluding hydrogens is 346 g/mol. The maximum absolute atomic E-state index is 12.9. The number of likely N-dealkylation sites (tertiary alicyclic amines) is 1. The van der Waals surface area contributed by atoms with Crippen LogP contribution in [0.1, 0.15) is 40.4 Å². The van der Waals surface area contributed by atoms with Gasteiger partial charge >= 0.3 is 0 Å². The average molecular weight is 369 g/mol. The first kappa shape index (κ1) is 18.2. The molecule has 0 radical (unpaired) electrons. The van der Waals surface area contributed by atoms with Gasteiger partial charge in [0.25, 0.3) is 0 Å². The van der Waals surface area contributed by atoms with E-state index in [0.717, 1.165) is 11.1 Å². The summed E-state index contributed by atoms with van der Waals surface area (Å²) < 4.78 is 0. The van der Waals surface area contributed by atoms with E-state index in [1.165, 1.54) is 0 Å². The van der Waals surface area contributed by atoms with Gasteiger partial charge in [0.2, 0.25) is 5.91 Å². The van der Waals surface area contributed by atoms with Crippen LogP contribution in [0.25, 0.3) is 0 Å². The molecule has 4 rings (SSSR count). The van der Waals surface area contributed by atoms with Gasteiger partial charge in [0, 0.05) is 18.5 Å². The van der Waals surface area contributed by atoms with Gasteiger partial charge in [-0.1, -0.05) is 91.0 Å². The summed E-state index contributed by atoms with van der Waals surface area (Å²) in [6, 6.07) is 29.5. The fourth-order valence-electron chi connectivity index (χ4n) is 3.98. The first-order chi connectivity index (χ1) is 13.7. The first-order valence-electron chi connectivity index (χ1n) is 9.71. The van der Waals surface area contributed by atoms with Crippen LogP contribution in [0.5, 0.6) is 0 Å². The molecule has 0 spiro atoms. The monoisotopic (exact) mass is 369 g/mol. The molecular formula is C25H23NO2. The molecule has 3 nitrogen and oxygen atoms in total. The van der Waals surface area contributed by atoms with E-state index in [0.29, 0.717) is 24.9 Å². The van der Waals surface area contributed by atoms with E-state index in [9.17, 15) is 9.59 Å². The van der Waals surface area contributed by atoms with Crippen LogP contribution < -0.4 is 0 Å². The molecule has 1 amide bonds. The van der Waals surface area contributed by atoms with E-state index in [4.69, 9.17) is 0 Å². The number of amides is 1. The van der Waals surface area contributed by atoms with Crippen molar-refractivity contribution >= 4 is 11.7 Å². The van der Waals surface area contributed by atoms with Gasteiger partial charge in [-0.15, -0.1) is 0 Å². The molecule has 0 aliphatic carbocycles. The van der Waals surface area contributed by atoms with Gasteiger partial charge in [0.1, 0.15) is 0 Å². The predicted molar refractivity (Wildman–Crippen MR) is 110 cm³/mol. The number of nitrogens with zero attached hydrogens (tertiary/aromatic N) is 1. The van der Waals surface area contributed by atoms with Crippen molar-refractivity contribution in [3.05, 3.63) is 108 Å². The molecule has 1 saturated heterocycles. The second-order valence-electron chi connectivity index (χ2n) is 7.24. The zero-order valence-electron chi connectivity index (χ0n) is 15.7. The van der Waals surface area contributed by atoms with Crippen molar-refractivity contribution in [3.8, 4) is 0 Å². The Kier molecular flexibility index (Phi) is 5.34. The molecule has 3 aromatic carbocycles. The topological polar surface area (TPSA) is 37.4 Å². The Morgan fingerprint density at radius 3 is 2.00 bits per heavy atom. The maximum Gasteiger partial charge on any atom is 0.228 e. The van der Waals surface area contributed by atoms with Gasteiger partial charge in [-0.3, -0.25) is 9.59 Å². The van der Waals surface area contributed by atoms with Crippen LogP contribution in [-0.4, -0.2) is 16.6 Å². The molecule has 0 unspecified atom stereocenters. The molecule has 1 aliphatic rings. The molecule has 3 aromatic rings. The van der Waals surface area contributed by atoms with Gasteiger partial charge in [0.05, 0.1) is 12.0 Å². The number of carbonyl (C=O) groups excluding carboxylic acids is 2. The van der Waals surface area contributed by atoms with Crippen molar-refractivity contribution in [2.45, 2.75) is 25.4 Å². The highest BCUT2D eigenvalue weighted by Gasteiger charge is 2.47. The number of rotatable bonds is 7. The molecule has 0 saturated carbocycles. The van der Waals surface area contributed by atoms with E-state index in [1.807, 2.05) is 83.8 Å². The molecule has 0 aromatic heterocycles. The van der Waals surface area contributed by atoms with Crippen molar-refractivity contribution in [3.63, 3.8) is 0 Å². The number of benzene rings is 3. The molecule has 28 heavy (non-hydrogen) atoms. The second kappa shape index (κ2) is 8.22. The van der Waals surface area contributed by atoms with Crippen LogP contribution in [0.2, 0.25) is 0 Å². The molecule has 1 aliphatic heterocycles. The lowest BCUT2D eigenvalue weighted by atomic mass is 9.78. The molecule has 2 atom stereocenters. The Morgan fingerprint density at radius 1 is 0.786 bits per heavy atom. The van der Waals surface area contributed by atoms with Gasteiger partial charge < -0.3 is 4.90 Å². The summed E-state index contributed by atoms with van der Waals surface area (Å²) in [5.41, 5.74) is 2.97. The average Bonchev–Trinajstić information content (AvgIpc) is 2.76. The van der Waals surface area contributed by atoms with Crippen molar-refractivity contribution in [1.82, 2.24) is 4.90 Å². The summed E-state index contributed by atoms with van der Waals surface area (Å²) in [5, 5.41) is 0. The quantitative estimate of drug-likeness (QED) is 0.432. The molecule has 0 N–H and O–H groups in total. The normalized spacial score (nSPS) is 18.6. The number of hydrogen-bond donors (Lipinski definition) is 0. The molecule has 3 heteroatoms. The maximum atomic E-state index is 12.9. The number of carbonyl (C=O) groups is 2. The minimum atomic E-state index is -0.140. The highest BCUT2D eigenvalue weighted by atomic mass is 16.2. The number of ketones is 1. The van der Waals surface area contributed by atoms with Crippen LogP contribution in [0.3, 0.4) is 0 Å². The predicted octanol–water partition coefficient (Wildman–Crippen LogP) is 5.05. The summed E-state index contributed by atoms with van der Waals surface area (Å²) in [7, 11) is 0. The minimum absolute atomic E-state index is 0.0254. The van der Waals surface area contributed by atoms with Crippen LogP contribution >= 0.6 is 0 Å². The SMILES string of the molecule is O=C(CC[C@H]1C(=O)N(Cc2ccccc2)[C@@H]1c1ccccc1)c1ccccc1. The highest BCUT2D eigenvalue weighted by molar-refractivity contribution is 5.96. The number of Topliss-reactive ketones (excluding diaryl/α,β-unsaturated/α-hetero) is 1. The van der Waals surface area contributed by atoms with Crippen LogP contribution in [0.4, 0.5) is 0 Å². The fourth-order valence-corrected chi connectivity index (χ4v) is 3.98. The molecule has 1 heterocycles. The smallest absolute Gasteiger partial charge is 0.228 e. The van der Waals surface area contributed by atoms with Gasteiger partial charge in [0.15, 0.2) is 5.78 Å². The van der Waals surface area contributed by atoms with Gasteiger partial charge in [-0.05, 0) is 17.5 Å². The summed E-state index contributed by atoms with van der Waals surface area (Å²) in [6.45, 7) is 0.600. The van der Waals surface area contributed by atoms with E-state index < -0.39 is 0 Å². The lowest BCUT2D eigenvalue weighted by Crippen LogP contribution is -2.54. The third-order valence-corrected chi connectivity index (χ3v) is 5.43. The van der Waals surface area contributed by atoms with Crippen molar-refractivity contribution in [2.75, 3.05) is 0 Å². The lowest BCUT2D eigenvalue weighted by Gasteiger charge is -2.48. The van der Waals surface area contributed by atoms with Gasteiger partial charge in [-0.25, -0.2) is 0 Å². The number of β-lactam (4-membered cyclic amide) rings is 1. The summed E-state index contributed by atoms with van der Waals surface area (Å²) in [6.07, 6.45) is 0.973. The fraction of sp³-hybridized carbons (Fsp3) is 0.200. The second-order valence-corrected chi connectivity index (χ2v) is 7.24. The Bertz CT molecular complexity index is 938. The van der Waals surface area contributed by atoms with E-state index in [1.54, 1.807) is 0 Å². The van der Waals surface area contributed by atoms with Crippen molar-refractivity contribution in [1.29, 1.82) is 0 Å². The molecule has 1 fully saturated rings. The van der Waals surface area contributed by atoms with Crippen LogP contribution in [-0.2, 0) is 11.3 Å². The standard InChI is InChI=1S/C25H23NO2/c27-23(20-12-6-2-7-13-20)17-16-22-24(21-14-8-3-9-15-21)26(25(22)28)18-19-10-4-1-5-11-19/h1-15,22,24H,16-18H2/t22-,24-/m1/s1. The Morgan fingerprint density at radius 2 is 1.36 bits per heavy atom.